The molecule has 0 bridgehead atoms. The highest BCUT2D eigenvalue weighted by molar-refractivity contribution is 7.16. The van der Waals surface area contributed by atoms with Gasteiger partial charge in [0, 0.05) is 0 Å². The summed E-state index contributed by atoms with van der Waals surface area (Å²) in [4.78, 5) is 0. The molecule has 0 amide bonds. The molecular weight excluding hydrogens is 211 g/mol. The van der Waals surface area contributed by atoms with E-state index < -0.39 is 0 Å². The summed E-state index contributed by atoms with van der Waals surface area (Å²) in [6, 6.07) is 0. The molecule has 0 spiro atoms. The quantitative estimate of drug-likeness (QED) is 0.408. The van der Waals surface area contributed by atoms with E-state index in [0.29, 0.717) is 11.8 Å². The van der Waals surface area contributed by atoms with Gasteiger partial charge in [-0.2, -0.15) is 0 Å². The SMILES string of the molecule is C=C(C(C)C(C)CC)C(CP)C(C)CCC. The highest BCUT2D eigenvalue weighted by atomic mass is 31.0. The van der Waals surface area contributed by atoms with Crippen molar-refractivity contribution in [3.63, 3.8) is 0 Å². The lowest BCUT2D eigenvalue weighted by molar-refractivity contribution is 0.340. The standard InChI is InChI=1S/C15H31P/c1-7-9-12(4)15(10-16)14(6)13(5)11(3)8-2/h11-13,15H,6-10,16H2,1-5H3. The van der Waals surface area contributed by atoms with Crippen LogP contribution in [0.1, 0.15) is 53.9 Å². The molecule has 0 saturated heterocycles. The Hall–Kier alpha value is 0.170. The van der Waals surface area contributed by atoms with E-state index in [9.17, 15) is 0 Å². The number of allylic oxidation sites excluding steroid dienone is 1. The zero-order valence-electron chi connectivity index (χ0n) is 11.9. The zero-order chi connectivity index (χ0) is 12.7. The Labute approximate surface area is 105 Å². The third-order valence-corrected chi connectivity index (χ3v) is 4.75. The van der Waals surface area contributed by atoms with Crippen molar-refractivity contribution in [3.8, 4) is 0 Å². The first-order valence-electron chi connectivity index (χ1n) is 6.88. The predicted octanol–water partition coefficient (Wildman–Crippen LogP) is 5.15. The maximum absolute atomic E-state index is 4.38. The Morgan fingerprint density at radius 2 is 1.69 bits per heavy atom. The molecule has 5 unspecified atom stereocenters. The van der Waals surface area contributed by atoms with Crippen molar-refractivity contribution in [2.45, 2.75) is 53.9 Å². The summed E-state index contributed by atoms with van der Waals surface area (Å²) in [5, 5.41) is 0. The van der Waals surface area contributed by atoms with Crippen LogP contribution in [0.25, 0.3) is 0 Å². The van der Waals surface area contributed by atoms with E-state index in [4.69, 9.17) is 0 Å². The van der Waals surface area contributed by atoms with Crippen molar-refractivity contribution in [2.75, 3.05) is 6.16 Å². The average molecular weight is 242 g/mol. The van der Waals surface area contributed by atoms with Gasteiger partial charge in [-0.3, -0.25) is 0 Å². The molecule has 0 fully saturated rings. The summed E-state index contributed by atoms with van der Waals surface area (Å²) in [5.41, 5.74) is 1.48. The maximum atomic E-state index is 4.38. The molecule has 0 saturated carbocycles. The molecule has 0 rings (SSSR count). The third-order valence-electron chi connectivity index (χ3n) is 4.24. The van der Waals surface area contributed by atoms with Crippen LogP contribution in [-0.4, -0.2) is 6.16 Å². The first-order chi connectivity index (χ1) is 7.49. The minimum absolute atomic E-state index is 0.662. The van der Waals surface area contributed by atoms with Gasteiger partial charge in [-0.25, -0.2) is 0 Å². The normalized spacial score (nSPS) is 18.9. The Balaban J connectivity index is 4.51. The van der Waals surface area contributed by atoms with Gasteiger partial charge in [-0.15, -0.1) is 9.24 Å². The number of hydrogen-bond acceptors (Lipinski definition) is 0. The fourth-order valence-electron chi connectivity index (χ4n) is 2.46. The summed E-state index contributed by atoms with van der Waals surface area (Å²) < 4.78 is 0. The molecule has 0 nitrogen and oxygen atoms in total. The molecule has 0 aliphatic heterocycles. The summed E-state index contributed by atoms with van der Waals surface area (Å²) in [6.07, 6.45) is 5.03. The van der Waals surface area contributed by atoms with Gasteiger partial charge in [0.2, 0.25) is 0 Å². The summed E-state index contributed by atoms with van der Waals surface area (Å²) in [7, 11) is 2.91. The second-order valence-electron chi connectivity index (χ2n) is 5.36. The summed E-state index contributed by atoms with van der Waals surface area (Å²) >= 11 is 0. The van der Waals surface area contributed by atoms with Gasteiger partial charge in [-0.1, -0.05) is 66.0 Å². The van der Waals surface area contributed by atoms with E-state index in [1.165, 1.54) is 31.0 Å². The van der Waals surface area contributed by atoms with E-state index in [-0.39, 0.29) is 0 Å². The smallest absolute Gasteiger partial charge is 0.0143 e. The second-order valence-corrected chi connectivity index (χ2v) is 5.83. The largest absolute Gasteiger partial charge is 0.137 e. The molecule has 0 aromatic heterocycles. The molecule has 5 atom stereocenters. The fourth-order valence-corrected chi connectivity index (χ4v) is 3.23. The van der Waals surface area contributed by atoms with E-state index in [1.54, 1.807) is 0 Å². The lowest BCUT2D eigenvalue weighted by atomic mass is 9.76. The lowest BCUT2D eigenvalue weighted by Gasteiger charge is -2.31. The van der Waals surface area contributed by atoms with E-state index in [2.05, 4.69) is 50.4 Å². The zero-order valence-corrected chi connectivity index (χ0v) is 13.1. The Kier molecular flexibility index (Phi) is 8.38. The average Bonchev–Trinajstić information content (AvgIpc) is 2.28. The van der Waals surface area contributed by atoms with Gasteiger partial charge in [0.05, 0.1) is 0 Å². The van der Waals surface area contributed by atoms with Crippen LogP contribution in [0.5, 0.6) is 0 Å². The van der Waals surface area contributed by atoms with Crippen LogP contribution < -0.4 is 0 Å². The van der Waals surface area contributed by atoms with Crippen LogP contribution in [0.4, 0.5) is 0 Å². The molecule has 0 aromatic rings. The Bertz CT molecular complexity index is 198. The van der Waals surface area contributed by atoms with Crippen LogP contribution in [-0.2, 0) is 0 Å². The predicted molar refractivity (Wildman–Crippen MR) is 79.9 cm³/mol. The van der Waals surface area contributed by atoms with Crippen molar-refractivity contribution in [1.29, 1.82) is 0 Å². The molecule has 0 aliphatic rings. The molecule has 0 radical (unpaired) electrons. The van der Waals surface area contributed by atoms with Gasteiger partial charge < -0.3 is 0 Å². The van der Waals surface area contributed by atoms with Gasteiger partial charge in [0.1, 0.15) is 0 Å². The minimum Gasteiger partial charge on any atom is -0.137 e. The molecule has 0 N–H and O–H groups in total. The monoisotopic (exact) mass is 242 g/mol. The van der Waals surface area contributed by atoms with Crippen molar-refractivity contribution >= 4 is 9.24 Å². The van der Waals surface area contributed by atoms with Crippen LogP contribution in [0.3, 0.4) is 0 Å². The highest BCUT2D eigenvalue weighted by Gasteiger charge is 2.24. The minimum atomic E-state index is 0.662. The summed E-state index contributed by atoms with van der Waals surface area (Å²) in [5.74, 6) is 2.89. The maximum Gasteiger partial charge on any atom is -0.0143 e. The lowest BCUT2D eigenvalue weighted by Crippen LogP contribution is -2.22. The molecule has 0 heterocycles. The number of hydrogen-bond donors (Lipinski definition) is 0. The second kappa shape index (κ2) is 8.29. The molecule has 0 aromatic carbocycles. The summed E-state index contributed by atoms with van der Waals surface area (Å²) in [6.45, 7) is 16.0. The molecule has 0 aliphatic carbocycles. The first kappa shape index (κ1) is 16.2. The van der Waals surface area contributed by atoms with E-state index >= 15 is 0 Å². The van der Waals surface area contributed by atoms with Gasteiger partial charge in [-0.05, 0) is 29.8 Å². The van der Waals surface area contributed by atoms with Crippen molar-refractivity contribution < 1.29 is 0 Å². The van der Waals surface area contributed by atoms with Crippen molar-refractivity contribution in [2.24, 2.45) is 23.7 Å². The highest BCUT2D eigenvalue weighted by Crippen LogP contribution is 2.33. The molecule has 96 valence electrons. The van der Waals surface area contributed by atoms with Crippen molar-refractivity contribution in [3.05, 3.63) is 12.2 Å². The van der Waals surface area contributed by atoms with Crippen LogP contribution in [0.15, 0.2) is 12.2 Å². The van der Waals surface area contributed by atoms with Gasteiger partial charge in [0.25, 0.3) is 0 Å². The Morgan fingerprint density at radius 3 is 2.06 bits per heavy atom. The van der Waals surface area contributed by atoms with Crippen LogP contribution in [0.2, 0.25) is 0 Å². The van der Waals surface area contributed by atoms with Gasteiger partial charge in [0.15, 0.2) is 0 Å². The molecule has 1 heteroatoms. The van der Waals surface area contributed by atoms with Crippen LogP contribution >= 0.6 is 9.24 Å². The number of rotatable bonds is 8. The van der Waals surface area contributed by atoms with E-state index in [1.807, 2.05) is 0 Å². The topological polar surface area (TPSA) is 0 Å². The first-order valence-corrected chi connectivity index (χ1v) is 7.69. The van der Waals surface area contributed by atoms with Crippen molar-refractivity contribution in [1.82, 2.24) is 0 Å². The fraction of sp³-hybridized carbons (Fsp3) is 0.867. The van der Waals surface area contributed by atoms with Gasteiger partial charge >= 0.3 is 0 Å². The molecule has 16 heavy (non-hydrogen) atoms. The van der Waals surface area contributed by atoms with E-state index in [0.717, 1.165) is 11.8 Å². The third kappa shape index (κ3) is 4.58. The molecular formula is C15H31P. The van der Waals surface area contributed by atoms with Crippen LogP contribution in [0, 0.1) is 23.7 Å². The Morgan fingerprint density at radius 1 is 1.12 bits per heavy atom.